The number of Topliss-reactive ketones (excluding diaryl/α,β-unsaturated/α-hetero) is 1. The first-order valence-electron chi connectivity index (χ1n) is 13.8. The van der Waals surface area contributed by atoms with Gasteiger partial charge in [-0.3, -0.25) is 14.5 Å². The van der Waals surface area contributed by atoms with E-state index in [1.54, 1.807) is 4.90 Å². The van der Waals surface area contributed by atoms with Gasteiger partial charge in [0.15, 0.2) is 0 Å². The molecule has 1 N–H and O–H groups in total. The minimum Gasteiger partial charge on any atom is -0.507 e. The number of amides is 1. The van der Waals surface area contributed by atoms with Crippen molar-refractivity contribution in [3.63, 3.8) is 0 Å². The van der Waals surface area contributed by atoms with Gasteiger partial charge in [-0.25, -0.2) is 0 Å². The van der Waals surface area contributed by atoms with E-state index in [-0.39, 0.29) is 16.7 Å². The third-order valence-electron chi connectivity index (χ3n) is 8.18. The molecule has 1 amide bonds. The molecule has 0 saturated carbocycles. The SMILES string of the molecule is CC(C)(C)c1ccc(C2/C(=C(\O)c3ccc4c(c3)CCCC4)C(=O)C(=O)N2c2cccc3ccccc23)cc1. The number of aliphatic hydroxyl groups excluding tert-OH is 1. The number of aliphatic hydroxyl groups is 1. The Morgan fingerprint density at radius 3 is 2.26 bits per heavy atom. The summed E-state index contributed by atoms with van der Waals surface area (Å²) in [6.07, 6.45) is 4.27. The zero-order valence-corrected chi connectivity index (χ0v) is 22.7. The molecule has 0 spiro atoms. The Kier molecular flexibility index (Phi) is 6.14. The Morgan fingerprint density at radius 1 is 0.821 bits per heavy atom. The number of anilines is 1. The van der Waals surface area contributed by atoms with Gasteiger partial charge in [0.05, 0.1) is 17.3 Å². The summed E-state index contributed by atoms with van der Waals surface area (Å²) in [5.74, 6) is -1.41. The van der Waals surface area contributed by atoms with E-state index in [0.29, 0.717) is 11.3 Å². The van der Waals surface area contributed by atoms with E-state index in [0.717, 1.165) is 41.2 Å². The van der Waals surface area contributed by atoms with E-state index in [9.17, 15) is 14.7 Å². The molecule has 2 aliphatic rings. The van der Waals surface area contributed by atoms with Gasteiger partial charge in [0.1, 0.15) is 5.76 Å². The van der Waals surface area contributed by atoms with Crippen LogP contribution in [0.15, 0.2) is 90.5 Å². The standard InChI is InChI=1S/C35H33NO3/c1-35(2,3)27-19-17-24(18-20-27)31-30(32(37)26-16-15-22-9-4-5-11-25(22)21-26)33(38)34(39)36(31)29-14-8-12-23-10-6-7-13-28(23)29/h6-8,10,12-21,31,37H,4-5,9,11H2,1-3H3/b32-30+. The Morgan fingerprint density at radius 2 is 1.51 bits per heavy atom. The average Bonchev–Trinajstić information content (AvgIpc) is 3.21. The van der Waals surface area contributed by atoms with Crippen molar-refractivity contribution in [2.24, 2.45) is 0 Å². The summed E-state index contributed by atoms with van der Waals surface area (Å²) in [6, 6.07) is 26.9. The molecule has 0 radical (unpaired) electrons. The lowest BCUT2D eigenvalue weighted by Crippen LogP contribution is -2.29. The molecule has 1 fully saturated rings. The first-order valence-corrected chi connectivity index (χ1v) is 13.8. The van der Waals surface area contributed by atoms with Crippen LogP contribution in [0.1, 0.15) is 67.5 Å². The number of aryl methyl sites for hydroxylation is 2. The molecule has 1 aliphatic carbocycles. The third kappa shape index (κ3) is 4.34. The first-order chi connectivity index (χ1) is 18.7. The molecule has 1 unspecified atom stereocenters. The number of ketones is 1. The van der Waals surface area contributed by atoms with E-state index in [4.69, 9.17) is 0 Å². The van der Waals surface area contributed by atoms with E-state index >= 15 is 0 Å². The molecular formula is C35H33NO3. The third-order valence-corrected chi connectivity index (χ3v) is 8.18. The molecular weight excluding hydrogens is 482 g/mol. The molecule has 6 rings (SSSR count). The van der Waals surface area contributed by atoms with Crippen molar-refractivity contribution < 1.29 is 14.7 Å². The van der Waals surface area contributed by atoms with Gasteiger partial charge in [0.2, 0.25) is 0 Å². The van der Waals surface area contributed by atoms with Gasteiger partial charge in [0, 0.05) is 10.9 Å². The minimum atomic E-state index is -0.749. The summed E-state index contributed by atoms with van der Waals surface area (Å²) < 4.78 is 0. The highest BCUT2D eigenvalue weighted by atomic mass is 16.3. The van der Waals surface area contributed by atoms with Crippen LogP contribution in [0.3, 0.4) is 0 Å². The maximum atomic E-state index is 13.8. The van der Waals surface area contributed by atoms with Crippen molar-refractivity contribution in [3.8, 4) is 0 Å². The van der Waals surface area contributed by atoms with Crippen LogP contribution in [0.4, 0.5) is 5.69 Å². The summed E-state index contributed by atoms with van der Waals surface area (Å²) in [6.45, 7) is 6.46. The van der Waals surface area contributed by atoms with Gasteiger partial charge < -0.3 is 5.11 Å². The number of hydrogen-bond acceptors (Lipinski definition) is 3. The number of carbonyl (C=O) groups is 2. The Labute approximate surface area is 229 Å². The molecule has 1 aliphatic heterocycles. The molecule has 1 atom stereocenters. The van der Waals surface area contributed by atoms with Crippen LogP contribution in [0, 0.1) is 0 Å². The maximum Gasteiger partial charge on any atom is 0.300 e. The van der Waals surface area contributed by atoms with Crippen LogP contribution >= 0.6 is 0 Å². The molecule has 4 heteroatoms. The number of nitrogens with zero attached hydrogens (tertiary/aromatic N) is 1. The van der Waals surface area contributed by atoms with Crippen LogP contribution in [-0.4, -0.2) is 16.8 Å². The van der Waals surface area contributed by atoms with Crippen LogP contribution in [0.2, 0.25) is 0 Å². The highest BCUT2D eigenvalue weighted by molar-refractivity contribution is 6.52. The summed E-state index contributed by atoms with van der Waals surface area (Å²) >= 11 is 0. The normalized spacial score (nSPS) is 18.9. The molecule has 196 valence electrons. The smallest absolute Gasteiger partial charge is 0.300 e. The van der Waals surface area contributed by atoms with E-state index in [1.807, 2.05) is 66.7 Å². The van der Waals surface area contributed by atoms with Crippen LogP contribution in [-0.2, 0) is 27.8 Å². The number of fused-ring (bicyclic) bond motifs is 2. The number of rotatable bonds is 3. The maximum absolute atomic E-state index is 13.8. The zero-order chi connectivity index (χ0) is 27.3. The lowest BCUT2D eigenvalue weighted by molar-refractivity contribution is -0.132. The fraction of sp³-hybridized carbons (Fsp3) is 0.257. The average molecular weight is 516 g/mol. The number of hydrogen-bond donors (Lipinski definition) is 1. The number of carbonyl (C=O) groups excluding carboxylic acids is 2. The van der Waals surface area contributed by atoms with Crippen molar-refractivity contribution in [3.05, 3.63) is 118 Å². The van der Waals surface area contributed by atoms with Crippen LogP contribution in [0.5, 0.6) is 0 Å². The summed E-state index contributed by atoms with van der Waals surface area (Å²) in [7, 11) is 0. The molecule has 4 aromatic carbocycles. The fourth-order valence-corrected chi connectivity index (χ4v) is 6.02. The van der Waals surface area contributed by atoms with Crippen molar-refractivity contribution in [1.82, 2.24) is 0 Å². The van der Waals surface area contributed by atoms with Gasteiger partial charge in [0.25, 0.3) is 11.7 Å². The monoisotopic (exact) mass is 515 g/mol. The van der Waals surface area contributed by atoms with Crippen molar-refractivity contribution in [1.29, 1.82) is 0 Å². The second-order valence-corrected chi connectivity index (χ2v) is 11.7. The van der Waals surface area contributed by atoms with Gasteiger partial charge in [-0.15, -0.1) is 0 Å². The predicted octanol–water partition coefficient (Wildman–Crippen LogP) is 7.64. The lowest BCUT2D eigenvalue weighted by atomic mass is 9.85. The topological polar surface area (TPSA) is 57.6 Å². The first kappa shape index (κ1) is 25.1. The van der Waals surface area contributed by atoms with Crippen LogP contribution < -0.4 is 4.90 Å². The summed E-state index contributed by atoms with van der Waals surface area (Å²) in [5.41, 5.74) is 5.78. The summed E-state index contributed by atoms with van der Waals surface area (Å²) in [4.78, 5) is 29.1. The van der Waals surface area contributed by atoms with E-state index in [1.165, 1.54) is 17.5 Å². The molecule has 39 heavy (non-hydrogen) atoms. The van der Waals surface area contributed by atoms with Gasteiger partial charge in [-0.05, 0) is 70.9 Å². The molecule has 4 aromatic rings. The quantitative estimate of drug-likeness (QED) is 0.173. The fourth-order valence-electron chi connectivity index (χ4n) is 6.02. The van der Waals surface area contributed by atoms with Crippen molar-refractivity contribution >= 4 is 33.9 Å². The Bertz CT molecular complexity index is 1630. The van der Waals surface area contributed by atoms with Crippen molar-refractivity contribution in [2.45, 2.75) is 57.9 Å². The number of benzene rings is 4. The van der Waals surface area contributed by atoms with Crippen LogP contribution in [0.25, 0.3) is 16.5 Å². The van der Waals surface area contributed by atoms with Crippen molar-refractivity contribution in [2.75, 3.05) is 4.90 Å². The van der Waals surface area contributed by atoms with Gasteiger partial charge in [-0.2, -0.15) is 0 Å². The largest absolute Gasteiger partial charge is 0.507 e. The van der Waals surface area contributed by atoms with E-state index in [2.05, 4.69) is 39.0 Å². The Balaban J connectivity index is 1.56. The van der Waals surface area contributed by atoms with Gasteiger partial charge in [-0.1, -0.05) is 93.6 Å². The molecule has 1 saturated heterocycles. The zero-order valence-electron chi connectivity index (χ0n) is 22.7. The molecule has 0 bridgehead atoms. The lowest BCUT2D eigenvalue weighted by Gasteiger charge is -2.27. The molecule has 0 aromatic heterocycles. The molecule has 1 heterocycles. The van der Waals surface area contributed by atoms with E-state index < -0.39 is 17.7 Å². The predicted molar refractivity (Wildman–Crippen MR) is 157 cm³/mol. The minimum absolute atomic E-state index is 0.0426. The highest BCUT2D eigenvalue weighted by Gasteiger charge is 2.47. The second-order valence-electron chi connectivity index (χ2n) is 11.7. The highest BCUT2D eigenvalue weighted by Crippen LogP contribution is 2.44. The molecule has 4 nitrogen and oxygen atoms in total. The summed E-state index contributed by atoms with van der Waals surface area (Å²) in [5, 5.41) is 13.5. The van der Waals surface area contributed by atoms with Gasteiger partial charge >= 0.3 is 0 Å². The Hall–Kier alpha value is -4.18. The second kappa shape index (κ2) is 9.53.